The summed E-state index contributed by atoms with van der Waals surface area (Å²) in [5, 5.41) is 10.7. The highest BCUT2D eigenvalue weighted by Gasteiger charge is 2.33. The molecule has 0 saturated carbocycles. The summed E-state index contributed by atoms with van der Waals surface area (Å²) in [7, 11) is 2.04. The molecule has 0 saturated heterocycles. The van der Waals surface area contributed by atoms with E-state index in [0.29, 0.717) is 19.6 Å². The molecule has 0 aliphatic heterocycles. The summed E-state index contributed by atoms with van der Waals surface area (Å²) in [6, 6.07) is 14.3. The molecule has 0 amide bonds. The van der Waals surface area contributed by atoms with E-state index < -0.39 is 5.97 Å². The smallest absolute Gasteiger partial charge is 0.307 e. The van der Waals surface area contributed by atoms with E-state index in [-0.39, 0.29) is 11.8 Å². The Hall–Kier alpha value is -2.95. The third-order valence-electron chi connectivity index (χ3n) is 6.16. The molecule has 30 heavy (non-hydrogen) atoms. The van der Waals surface area contributed by atoms with Gasteiger partial charge in [-0.2, -0.15) is 0 Å². The lowest BCUT2D eigenvalue weighted by atomic mass is 9.85. The molecule has 4 rings (SSSR count). The molecule has 1 heterocycles. The Labute approximate surface area is 177 Å². The van der Waals surface area contributed by atoms with Crippen LogP contribution >= 0.6 is 0 Å². The second-order valence-electron chi connectivity index (χ2n) is 8.06. The van der Waals surface area contributed by atoms with Gasteiger partial charge in [0.25, 0.3) is 0 Å². The van der Waals surface area contributed by atoms with Crippen LogP contribution in [0.15, 0.2) is 48.7 Å². The van der Waals surface area contributed by atoms with Crippen LogP contribution in [0.2, 0.25) is 0 Å². The normalized spacial score (nSPS) is 16.4. The van der Waals surface area contributed by atoms with Crippen molar-refractivity contribution < 1.29 is 19.4 Å². The molecule has 1 aromatic heterocycles. The number of ether oxygens (including phenoxy) is 2. The van der Waals surface area contributed by atoms with Crippen molar-refractivity contribution >= 4 is 16.9 Å². The number of carboxylic acid groups (broad SMARTS) is 1. The molecule has 5 nitrogen and oxygen atoms in total. The number of aliphatic carboxylic acids is 1. The number of aromatic nitrogens is 1. The molecule has 1 N–H and O–H groups in total. The first kappa shape index (κ1) is 20.3. The Kier molecular flexibility index (Phi) is 5.98. The first-order valence-electron chi connectivity index (χ1n) is 10.7. The number of nitrogens with zero attached hydrogens (tertiary/aromatic N) is 1. The molecule has 2 aromatic carbocycles. The van der Waals surface area contributed by atoms with Crippen LogP contribution < -0.4 is 9.47 Å². The quantitative estimate of drug-likeness (QED) is 0.497. The molecular formula is C25H29NO4. The van der Waals surface area contributed by atoms with Crippen LogP contribution in [0.4, 0.5) is 0 Å². The van der Waals surface area contributed by atoms with Crippen molar-refractivity contribution in [1.29, 1.82) is 0 Å². The number of hydrogen-bond donors (Lipinski definition) is 1. The van der Waals surface area contributed by atoms with Crippen molar-refractivity contribution in [3.63, 3.8) is 0 Å². The zero-order chi connectivity index (χ0) is 21.1. The largest absolute Gasteiger partial charge is 0.493 e. The van der Waals surface area contributed by atoms with E-state index in [9.17, 15) is 9.90 Å². The maximum absolute atomic E-state index is 11.5. The van der Waals surface area contributed by atoms with Crippen LogP contribution in [0, 0.1) is 5.92 Å². The van der Waals surface area contributed by atoms with Crippen LogP contribution in [0.5, 0.6) is 11.5 Å². The van der Waals surface area contributed by atoms with Gasteiger partial charge in [0.2, 0.25) is 0 Å². The molecule has 1 aliphatic carbocycles. The Bertz CT molecular complexity index is 1040. The van der Waals surface area contributed by atoms with Crippen molar-refractivity contribution in [3.8, 4) is 11.5 Å². The maximum atomic E-state index is 11.5. The number of benzene rings is 2. The van der Waals surface area contributed by atoms with Crippen molar-refractivity contribution in [3.05, 3.63) is 59.8 Å². The van der Waals surface area contributed by atoms with Crippen LogP contribution in [-0.2, 0) is 18.3 Å². The summed E-state index contributed by atoms with van der Waals surface area (Å²) in [6.07, 6.45) is 5.33. The second kappa shape index (κ2) is 8.82. The van der Waals surface area contributed by atoms with Gasteiger partial charge in [0, 0.05) is 30.6 Å². The van der Waals surface area contributed by atoms with E-state index in [1.807, 2.05) is 32.3 Å². The van der Waals surface area contributed by atoms with Crippen molar-refractivity contribution in [2.24, 2.45) is 13.0 Å². The summed E-state index contributed by atoms with van der Waals surface area (Å²) in [5.74, 6) is 0.851. The monoisotopic (exact) mass is 407 g/mol. The van der Waals surface area contributed by atoms with Gasteiger partial charge in [-0.05, 0) is 72.7 Å². The average molecular weight is 408 g/mol. The van der Waals surface area contributed by atoms with Crippen LogP contribution in [0.25, 0.3) is 10.9 Å². The van der Waals surface area contributed by atoms with Gasteiger partial charge in [0.15, 0.2) is 0 Å². The van der Waals surface area contributed by atoms with Gasteiger partial charge in [0.05, 0.1) is 19.1 Å². The lowest BCUT2D eigenvalue weighted by Crippen LogP contribution is -2.19. The number of carbonyl (C=O) groups is 1. The van der Waals surface area contributed by atoms with E-state index in [1.165, 1.54) is 22.0 Å². The Balaban J connectivity index is 1.27. The third kappa shape index (κ3) is 4.16. The van der Waals surface area contributed by atoms with Gasteiger partial charge in [-0.25, -0.2) is 0 Å². The van der Waals surface area contributed by atoms with Crippen LogP contribution in [0.1, 0.15) is 43.2 Å². The third-order valence-corrected chi connectivity index (χ3v) is 6.16. The van der Waals surface area contributed by atoms with E-state index in [4.69, 9.17) is 9.47 Å². The highest BCUT2D eigenvalue weighted by molar-refractivity contribution is 5.81. The van der Waals surface area contributed by atoms with Gasteiger partial charge < -0.3 is 19.1 Å². The predicted molar refractivity (Wildman–Crippen MR) is 117 cm³/mol. The first-order valence-corrected chi connectivity index (χ1v) is 10.7. The maximum Gasteiger partial charge on any atom is 0.307 e. The zero-order valence-electron chi connectivity index (χ0n) is 17.6. The highest BCUT2D eigenvalue weighted by Crippen LogP contribution is 2.41. The Morgan fingerprint density at radius 1 is 1.13 bits per heavy atom. The minimum Gasteiger partial charge on any atom is -0.493 e. The van der Waals surface area contributed by atoms with Gasteiger partial charge in [0.1, 0.15) is 11.5 Å². The highest BCUT2D eigenvalue weighted by atomic mass is 16.5. The molecule has 1 unspecified atom stereocenters. The Morgan fingerprint density at radius 2 is 1.87 bits per heavy atom. The molecule has 0 radical (unpaired) electrons. The van der Waals surface area contributed by atoms with E-state index in [2.05, 4.69) is 34.9 Å². The van der Waals surface area contributed by atoms with Crippen LogP contribution in [-0.4, -0.2) is 28.9 Å². The molecule has 1 aliphatic rings. The number of rotatable bonds is 9. The molecule has 0 fully saturated rings. The lowest BCUT2D eigenvalue weighted by molar-refractivity contribution is -0.142. The standard InChI is InChI=1S/C25H29NO4/c1-3-21(25(27)28)23-8-5-17-15-19(6-9-22(17)23)29-13-4-14-30-20-7-10-24-18(16-20)11-12-26(24)2/h6-7,9-12,15-16,21,23H,3-5,8,13-14H2,1-2H3,(H,27,28)/t21?,23-/m0/s1. The van der Waals surface area contributed by atoms with E-state index in [0.717, 1.165) is 30.8 Å². The SMILES string of the molecule is CCC(C(=O)O)[C@@H]1CCc2cc(OCCCOc3ccc4c(ccn4C)c3)ccc21. The number of aryl methyl sites for hydroxylation is 2. The fraction of sp³-hybridized carbons (Fsp3) is 0.400. The van der Waals surface area contributed by atoms with Crippen molar-refractivity contribution in [1.82, 2.24) is 4.57 Å². The molecule has 3 aromatic rings. The summed E-state index contributed by atoms with van der Waals surface area (Å²) >= 11 is 0. The minimum absolute atomic E-state index is 0.118. The van der Waals surface area contributed by atoms with Crippen molar-refractivity contribution in [2.75, 3.05) is 13.2 Å². The summed E-state index contributed by atoms with van der Waals surface area (Å²) in [6.45, 7) is 3.14. The van der Waals surface area contributed by atoms with E-state index >= 15 is 0 Å². The minimum atomic E-state index is -0.693. The molecule has 158 valence electrons. The fourth-order valence-electron chi connectivity index (χ4n) is 4.55. The Morgan fingerprint density at radius 3 is 2.60 bits per heavy atom. The summed E-state index contributed by atoms with van der Waals surface area (Å²) in [5.41, 5.74) is 3.60. The lowest BCUT2D eigenvalue weighted by Gasteiger charge is -2.19. The number of carboxylic acids is 1. The summed E-state index contributed by atoms with van der Waals surface area (Å²) < 4.78 is 13.9. The van der Waals surface area contributed by atoms with Gasteiger partial charge in [-0.3, -0.25) is 4.79 Å². The number of fused-ring (bicyclic) bond motifs is 2. The molecule has 0 bridgehead atoms. The summed E-state index contributed by atoms with van der Waals surface area (Å²) in [4.78, 5) is 11.5. The molecule has 0 spiro atoms. The molecular weight excluding hydrogens is 378 g/mol. The van der Waals surface area contributed by atoms with E-state index in [1.54, 1.807) is 0 Å². The topological polar surface area (TPSA) is 60.7 Å². The zero-order valence-corrected chi connectivity index (χ0v) is 17.6. The van der Waals surface area contributed by atoms with Gasteiger partial charge in [-0.15, -0.1) is 0 Å². The number of hydrogen-bond acceptors (Lipinski definition) is 3. The predicted octanol–water partition coefficient (Wildman–Crippen LogP) is 5.17. The average Bonchev–Trinajstić information content (AvgIpc) is 3.31. The molecule has 2 atom stereocenters. The first-order chi connectivity index (χ1) is 14.6. The van der Waals surface area contributed by atoms with Crippen LogP contribution in [0.3, 0.4) is 0 Å². The second-order valence-corrected chi connectivity index (χ2v) is 8.06. The molecule has 5 heteroatoms. The van der Waals surface area contributed by atoms with Gasteiger partial charge >= 0.3 is 5.97 Å². The fourth-order valence-corrected chi connectivity index (χ4v) is 4.55. The van der Waals surface area contributed by atoms with Gasteiger partial charge in [-0.1, -0.05) is 13.0 Å². The van der Waals surface area contributed by atoms with Crippen molar-refractivity contribution in [2.45, 2.75) is 38.5 Å².